The number of rotatable bonds is 8. The van der Waals surface area contributed by atoms with Gasteiger partial charge in [0.15, 0.2) is 5.96 Å². The minimum absolute atomic E-state index is 0. The third-order valence-electron chi connectivity index (χ3n) is 3.18. The number of furan rings is 1. The van der Waals surface area contributed by atoms with Crippen LogP contribution < -0.4 is 10.6 Å². The molecule has 0 aromatic carbocycles. The van der Waals surface area contributed by atoms with Crippen LogP contribution in [0.5, 0.6) is 0 Å². The second-order valence-electron chi connectivity index (χ2n) is 4.91. The second kappa shape index (κ2) is 11.7. The Morgan fingerprint density at radius 1 is 1.45 bits per heavy atom. The number of hydrogen-bond acceptors (Lipinski definition) is 4. The van der Waals surface area contributed by atoms with Crippen molar-refractivity contribution in [2.75, 3.05) is 32.9 Å². The van der Waals surface area contributed by atoms with Gasteiger partial charge in [0.05, 0.1) is 25.6 Å². The fourth-order valence-electron chi connectivity index (χ4n) is 2.13. The van der Waals surface area contributed by atoms with Gasteiger partial charge in [0, 0.05) is 19.7 Å². The minimum Gasteiger partial charge on any atom is -0.467 e. The molecule has 1 aliphatic heterocycles. The van der Waals surface area contributed by atoms with E-state index >= 15 is 0 Å². The van der Waals surface area contributed by atoms with Crippen molar-refractivity contribution in [2.45, 2.75) is 32.4 Å². The zero-order chi connectivity index (χ0) is 14.8. The summed E-state index contributed by atoms with van der Waals surface area (Å²) >= 11 is 0. The van der Waals surface area contributed by atoms with Gasteiger partial charge in [-0.2, -0.15) is 0 Å². The molecule has 1 unspecified atom stereocenters. The third-order valence-corrected chi connectivity index (χ3v) is 3.18. The van der Waals surface area contributed by atoms with Crippen LogP contribution in [0.3, 0.4) is 0 Å². The van der Waals surface area contributed by atoms with E-state index < -0.39 is 0 Å². The van der Waals surface area contributed by atoms with Crippen molar-refractivity contribution >= 4 is 29.9 Å². The summed E-state index contributed by atoms with van der Waals surface area (Å²) in [6.07, 6.45) is 4.20. The van der Waals surface area contributed by atoms with Crippen molar-refractivity contribution in [3.63, 3.8) is 0 Å². The number of aliphatic imine (C=N–C) groups is 1. The van der Waals surface area contributed by atoms with Crippen molar-refractivity contribution in [1.29, 1.82) is 0 Å². The zero-order valence-electron chi connectivity index (χ0n) is 13.0. The van der Waals surface area contributed by atoms with Crippen LogP contribution in [-0.4, -0.2) is 45.0 Å². The number of halogens is 1. The lowest BCUT2D eigenvalue weighted by atomic mass is 10.2. The minimum atomic E-state index is 0. The van der Waals surface area contributed by atoms with E-state index in [1.165, 1.54) is 0 Å². The van der Waals surface area contributed by atoms with E-state index in [-0.39, 0.29) is 30.1 Å². The Hall–Kier alpha value is -0.800. The van der Waals surface area contributed by atoms with E-state index in [4.69, 9.17) is 13.9 Å². The van der Waals surface area contributed by atoms with Crippen molar-refractivity contribution in [3.8, 4) is 0 Å². The Bertz CT molecular complexity index is 406. The van der Waals surface area contributed by atoms with Crippen LogP contribution in [0.4, 0.5) is 0 Å². The molecular formula is C15H26IN3O3. The first-order chi connectivity index (χ1) is 10.4. The monoisotopic (exact) mass is 423 g/mol. The molecule has 7 heteroatoms. The lowest BCUT2D eigenvalue weighted by molar-refractivity contribution is 0.0191. The molecule has 0 bridgehead atoms. The maximum absolute atomic E-state index is 5.61. The molecule has 1 aliphatic rings. The highest BCUT2D eigenvalue weighted by Crippen LogP contribution is 2.11. The number of hydrogen-bond donors (Lipinski definition) is 2. The molecule has 0 aliphatic carbocycles. The Kier molecular flexibility index (Phi) is 10.3. The van der Waals surface area contributed by atoms with Gasteiger partial charge in [0.1, 0.15) is 12.3 Å². The average molecular weight is 423 g/mol. The Morgan fingerprint density at radius 3 is 3.05 bits per heavy atom. The fraction of sp³-hybridized carbons (Fsp3) is 0.667. The molecule has 1 aromatic rings. The van der Waals surface area contributed by atoms with Gasteiger partial charge < -0.3 is 24.5 Å². The fourth-order valence-corrected chi connectivity index (χ4v) is 2.13. The molecule has 0 amide bonds. The highest BCUT2D eigenvalue weighted by Gasteiger charge is 2.14. The molecule has 2 N–H and O–H groups in total. The molecule has 0 spiro atoms. The van der Waals surface area contributed by atoms with Gasteiger partial charge in [0.25, 0.3) is 0 Å². The zero-order valence-corrected chi connectivity index (χ0v) is 15.4. The smallest absolute Gasteiger partial charge is 0.191 e. The third kappa shape index (κ3) is 7.46. The molecule has 126 valence electrons. The summed E-state index contributed by atoms with van der Waals surface area (Å²) in [5.41, 5.74) is 0. The van der Waals surface area contributed by atoms with E-state index in [1.807, 2.05) is 19.1 Å². The predicted octanol–water partition coefficient (Wildman–Crippen LogP) is 2.15. The highest BCUT2D eigenvalue weighted by molar-refractivity contribution is 14.0. The lowest BCUT2D eigenvalue weighted by Gasteiger charge is -2.13. The topological polar surface area (TPSA) is 68.0 Å². The lowest BCUT2D eigenvalue weighted by Crippen LogP contribution is -2.39. The molecule has 1 atom stereocenters. The second-order valence-corrected chi connectivity index (χ2v) is 4.91. The largest absolute Gasteiger partial charge is 0.467 e. The molecular weight excluding hydrogens is 397 g/mol. The van der Waals surface area contributed by atoms with E-state index in [2.05, 4.69) is 15.6 Å². The summed E-state index contributed by atoms with van der Waals surface area (Å²) in [6, 6.07) is 3.78. The quantitative estimate of drug-likeness (QED) is 0.290. The SMILES string of the molecule is CCNC(=NCc1ccco1)NCCOCC1CCCO1.I. The first kappa shape index (κ1) is 19.2. The Labute approximate surface area is 149 Å². The normalized spacial score (nSPS) is 18.0. The van der Waals surface area contributed by atoms with Crippen LogP contribution >= 0.6 is 24.0 Å². The Morgan fingerprint density at radius 2 is 2.36 bits per heavy atom. The first-order valence-corrected chi connectivity index (χ1v) is 7.62. The van der Waals surface area contributed by atoms with E-state index in [0.29, 0.717) is 19.8 Å². The molecule has 1 fully saturated rings. The van der Waals surface area contributed by atoms with Gasteiger partial charge in [-0.3, -0.25) is 0 Å². The molecule has 0 saturated carbocycles. The van der Waals surface area contributed by atoms with E-state index in [0.717, 1.165) is 44.3 Å². The summed E-state index contributed by atoms with van der Waals surface area (Å²) in [4.78, 5) is 4.45. The molecule has 6 nitrogen and oxygen atoms in total. The number of ether oxygens (including phenoxy) is 2. The van der Waals surface area contributed by atoms with Gasteiger partial charge >= 0.3 is 0 Å². The summed E-state index contributed by atoms with van der Waals surface area (Å²) in [5.74, 6) is 1.62. The highest BCUT2D eigenvalue weighted by atomic mass is 127. The predicted molar refractivity (Wildman–Crippen MR) is 96.7 cm³/mol. The van der Waals surface area contributed by atoms with Gasteiger partial charge in [0.2, 0.25) is 0 Å². The first-order valence-electron chi connectivity index (χ1n) is 7.62. The van der Waals surface area contributed by atoms with Crippen LogP contribution in [0.25, 0.3) is 0 Å². The summed E-state index contributed by atoms with van der Waals surface area (Å²) < 4.78 is 16.4. The Balaban J connectivity index is 0.00000242. The van der Waals surface area contributed by atoms with Crippen LogP contribution in [0.15, 0.2) is 27.8 Å². The van der Waals surface area contributed by atoms with Gasteiger partial charge in [-0.05, 0) is 31.9 Å². The summed E-state index contributed by atoms with van der Waals surface area (Å²) in [6.45, 7) is 6.30. The van der Waals surface area contributed by atoms with Crippen molar-refractivity contribution < 1.29 is 13.9 Å². The van der Waals surface area contributed by atoms with Gasteiger partial charge in [-0.1, -0.05) is 0 Å². The van der Waals surface area contributed by atoms with Crippen LogP contribution in [0.1, 0.15) is 25.5 Å². The number of guanidine groups is 1. The standard InChI is InChI=1S/C15H25N3O3.HI/c1-2-16-15(18-11-13-5-3-8-20-13)17-7-10-19-12-14-6-4-9-21-14;/h3,5,8,14H,2,4,6-7,9-12H2,1H3,(H2,16,17,18);1H. The summed E-state index contributed by atoms with van der Waals surface area (Å²) in [5, 5.41) is 6.43. The van der Waals surface area contributed by atoms with E-state index in [9.17, 15) is 0 Å². The average Bonchev–Trinajstić information content (AvgIpc) is 3.17. The van der Waals surface area contributed by atoms with Gasteiger partial charge in [-0.15, -0.1) is 24.0 Å². The van der Waals surface area contributed by atoms with Crippen LogP contribution in [-0.2, 0) is 16.0 Å². The maximum atomic E-state index is 5.61. The van der Waals surface area contributed by atoms with Crippen molar-refractivity contribution in [2.24, 2.45) is 4.99 Å². The van der Waals surface area contributed by atoms with Gasteiger partial charge in [-0.25, -0.2) is 4.99 Å². The maximum Gasteiger partial charge on any atom is 0.191 e. The molecule has 1 aromatic heterocycles. The molecule has 2 rings (SSSR count). The summed E-state index contributed by atoms with van der Waals surface area (Å²) in [7, 11) is 0. The number of nitrogens with one attached hydrogen (secondary N) is 2. The van der Waals surface area contributed by atoms with E-state index in [1.54, 1.807) is 6.26 Å². The molecule has 0 radical (unpaired) electrons. The van der Waals surface area contributed by atoms with Crippen molar-refractivity contribution in [1.82, 2.24) is 10.6 Å². The van der Waals surface area contributed by atoms with Crippen molar-refractivity contribution in [3.05, 3.63) is 24.2 Å². The van der Waals surface area contributed by atoms with Crippen LogP contribution in [0, 0.1) is 0 Å². The van der Waals surface area contributed by atoms with Crippen LogP contribution in [0.2, 0.25) is 0 Å². The molecule has 1 saturated heterocycles. The molecule has 2 heterocycles. The molecule has 22 heavy (non-hydrogen) atoms. The number of nitrogens with zero attached hydrogens (tertiary/aromatic N) is 1.